The Morgan fingerprint density at radius 3 is 2.44 bits per heavy atom. The van der Waals surface area contributed by atoms with Gasteiger partial charge in [-0.1, -0.05) is 85.6 Å². The van der Waals surface area contributed by atoms with Crippen LogP contribution in [0.2, 0.25) is 5.02 Å². The van der Waals surface area contributed by atoms with Gasteiger partial charge in [0.2, 0.25) is 5.91 Å². The van der Waals surface area contributed by atoms with E-state index in [0.29, 0.717) is 18.0 Å². The molecule has 0 radical (unpaired) electrons. The number of aromatic nitrogens is 2. The van der Waals surface area contributed by atoms with Gasteiger partial charge in [0.05, 0.1) is 11.0 Å². The van der Waals surface area contributed by atoms with Gasteiger partial charge in [-0.05, 0) is 35.7 Å². The predicted molar refractivity (Wildman–Crippen MR) is 131 cm³/mol. The number of hydrogen-bond donors (Lipinski definition) is 0. The van der Waals surface area contributed by atoms with E-state index >= 15 is 0 Å². The number of carbonyl (C=O) groups excluding carboxylic acids is 1. The maximum Gasteiger partial charge on any atom is 0.245 e. The summed E-state index contributed by atoms with van der Waals surface area (Å²) in [5.74, 6) is 0.957. The number of fused-ring (bicyclic) bond motifs is 1. The number of rotatable bonds is 8. The molecular weight excluding hydrogens is 418 g/mol. The Hall–Kier alpha value is -3.11. The molecule has 5 heteroatoms. The average Bonchev–Trinajstić information content (AvgIpc) is 3.17. The van der Waals surface area contributed by atoms with E-state index < -0.39 is 0 Å². The van der Waals surface area contributed by atoms with Crippen molar-refractivity contribution in [1.29, 1.82) is 0 Å². The van der Waals surface area contributed by atoms with E-state index in [-0.39, 0.29) is 11.9 Å². The fourth-order valence-corrected chi connectivity index (χ4v) is 4.41. The summed E-state index contributed by atoms with van der Waals surface area (Å²) in [6.07, 6.45) is 2.21. The van der Waals surface area contributed by atoms with Crippen molar-refractivity contribution >= 4 is 28.5 Å². The predicted octanol–water partition coefficient (Wildman–Crippen LogP) is 6.28. The molecule has 1 aromatic heterocycles. The van der Waals surface area contributed by atoms with Crippen LogP contribution in [-0.4, -0.2) is 27.4 Å². The van der Waals surface area contributed by atoms with Crippen LogP contribution < -0.4 is 0 Å². The summed E-state index contributed by atoms with van der Waals surface area (Å²) in [5, 5.41) is 0.714. The van der Waals surface area contributed by atoms with Gasteiger partial charge in [-0.2, -0.15) is 0 Å². The van der Waals surface area contributed by atoms with Gasteiger partial charge in [-0.25, -0.2) is 4.98 Å². The summed E-state index contributed by atoms with van der Waals surface area (Å²) in [6.45, 7) is 2.69. The van der Waals surface area contributed by atoms with Crippen molar-refractivity contribution in [2.24, 2.45) is 0 Å². The number of imidazole rings is 1. The molecule has 0 aliphatic heterocycles. The zero-order chi connectivity index (χ0) is 22.5. The van der Waals surface area contributed by atoms with E-state index in [1.807, 2.05) is 90.8 Å². The van der Waals surface area contributed by atoms with Crippen molar-refractivity contribution in [3.8, 4) is 0 Å². The molecular formula is C27H28ClN3O. The second-order valence-corrected chi connectivity index (χ2v) is 8.55. The zero-order valence-corrected chi connectivity index (χ0v) is 19.3. The van der Waals surface area contributed by atoms with Gasteiger partial charge >= 0.3 is 0 Å². The zero-order valence-electron chi connectivity index (χ0n) is 18.5. The van der Waals surface area contributed by atoms with Crippen molar-refractivity contribution in [2.75, 3.05) is 7.05 Å². The monoisotopic (exact) mass is 445 g/mol. The molecule has 0 bridgehead atoms. The van der Waals surface area contributed by atoms with E-state index in [1.54, 1.807) is 0 Å². The topological polar surface area (TPSA) is 38.1 Å². The molecule has 0 N–H and O–H groups in total. The molecule has 0 saturated carbocycles. The molecule has 1 unspecified atom stereocenters. The summed E-state index contributed by atoms with van der Waals surface area (Å²) < 4.78 is 2.13. The Kier molecular flexibility index (Phi) is 6.91. The van der Waals surface area contributed by atoms with Crippen molar-refractivity contribution in [3.05, 3.63) is 101 Å². The first-order valence-electron chi connectivity index (χ1n) is 11.1. The molecule has 0 saturated heterocycles. The summed E-state index contributed by atoms with van der Waals surface area (Å²) in [7, 11) is 1.88. The van der Waals surface area contributed by atoms with E-state index in [9.17, 15) is 4.79 Å². The molecule has 1 heterocycles. The fourth-order valence-electron chi connectivity index (χ4n) is 4.20. The van der Waals surface area contributed by atoms with Gasteiger partial charge in [0.15, 0.2) is 0 Å². The Morgan fingerprint density at radius 2 is 1.69 bits per heavy atom. The minimum absolute atomic E-state index is 0.0965. The van der Waals surface area contributed by atoms with Crippen LogP contribution >= 0.6 is 11.6 Å². The standard InChI is InChI=1S/C27H28ClN3O/c1-3-11-25(27(32)30(2)19-20-12-5-4-6-13-20)31-24-17-10-9-16-23(24)29-26(31)18-21-14-7-8-15-22(21)28/h4-10,12-17,25H,3,11,18-19H2,1-2H3. The third-order valence-electron chi connectivity index (χ3n) is 5.77. The number of carbonyl (C=O) groups is 1. The third-order valence-corrected chi connectivity index (χ3v) is 6.14. The molecule has 4 aromatic rings. The lowest BCUT2D eigenvalue weighted by atomic mass is 10.1. The van der Waals surface area contributed by atoms with Gasteiger partial charge in [-0.15, -0.1) is 0 Å². The molecule has 4 rings (SSSR count). The lowest BCUT2D eigenvalue weighted by Gasteiger charge is -2.26. The minimum Gasteiger partial charge on any atom is -0.340 e. The molecule has 1 atom stereocenters. The number of benzene rings is 3. The van der Waals surface area contributed by atoms with Gasteiger partial charge in [-0.3, -0.25) is 4.79 Å². The highest BCUT2D eigenvalue weighted by Crippen LogP contribution is 2.29. The van der Waals surface area contributed by atoms with Crippen molar-refractivity contribution < 1.29 is 4.79 Å². The smallest absolute Gasteiger partial charge is 0.245 e. The highest BCUT2D eigenvalue weighted by atomic mass is 35.5. The van der Waals surface area contributed by atoms with E-state index in [4.69, 9.17) is 16.6 Å². The van der Waals surface area contributed by atoms with Gasteiger partial charge in [0.25, 0.3) is 0 Å². The highest BCUT2D eigenvalue weighted by Gasteiger charge is 2.27. The first kappa shape index (κ1) is 22.1. The number of nitrogens with zero attached hydrogens (tertiary/aromatic N) is 3. The lowest BCUT2D eigenvalue weighted by Crippen LogP contribution is -2.34. The van der Waals surface area contributed by atoms with Crippen LogP contribution in [0.3, 0.4) is 0 Å². The van der Waals surface area contributed by atoms with Crippen LogP contribution in [0.25, 0.3) is 11.0 Å². The summed E-state index contributed by atoms with van der Waals surface area (Å²) in [4.78, 5) is 20.4. The van der Waals surface area contributed by atoms with Crippen LogP contribution in [0.4, 0.5) is 0 Å². The van der Waals surface area contributed by atoms with Crippen LogP contribution in [-0.2, 0) is 17.8 Å². The van der Waals surface area contributed by atoms with Gasteiger partial charge in [0, 0.05) is 25.0 Å². The van der Waals surface area contributed by atoms with E-state index in [1.165, 1.54) is 0 Å². The SMILES string of the molecule is CCCC(C(=O)N(C)Cc1ccccc1)n1c(Cc2ccccc2Cl)nc2ccccc21. The van der Waals surface area contributed by atoms with E-state index in [0.717, 1.165) is 40.8 Å². The molecule has 4 nitrogen and oxygen atoms in total. The fraction of sp³-hybridized carbons (Fsp3) is 0.259. The van der Waals surface area contributed by atoms with Crippen LogP contribution in [0.15, 0.2) is 78.9 Å². The maximum atomic E-state index is 13.7. The van der Waals surface area contributed by atoms with Gasteiger partial charge in [0.1, 0.15) is 11.9 Å². The van der Waals surface area contributed by atoms with Crippen molar-refractivity contribution in [1.82, 2.24) is 14.5 Å². The normalized spacial score (nSPS) is 12.1. The van der Waals surface area contributed by atoms with Crippen LogP contribution in [0.1, 0.15) is 42.8 Å². The number of halogens is 1. The number of para-hydroxylation sites is 2. The Labute approximate surface area is 194 Å². The first-order valence-corrected chi connectivity index (χ1v) is 11.4. The largest absolute Gasteiger partial charge is 0.340 e. The number of hydrogen-bond acceptors (Lipinski definition) is 2. The molecule has 1 amide bonds. The Morgan fingerprint density at radius 1 is 1.00 bits per heavy atom. The molecule has 164 valence electrons. The molecule has 3 aromatic carbocycles. The summed E-state index contributed by atoms with van der Waals surface area (Å²) >= 11 is 6.46. The summed E-state index contributed by atoms with van der Waals surface area (Å²) in [5.41, 5.74) is 4.00. The second kappa shape index (κ2) is 10.0. The molecule has 0 aliphatic carbocycles. The Balaban J connectivity index is 1.74. The number of amides is 1. The van der Waals surface area contributed by atoms with E-state index in [2.05, 4.69) is 11.5 Å². The lowest BCUT2D eigenvalue weighted by molar-refractivity contribution is -0.134. The maximum absolute atomic E-state index is 13.7. The minimum atomic E-state index is -0.321. The van der Waals surface area contributed by atoms with Crippen molar-refractivity contribution in [2.45, 2.75) is 38.8 Å². The average molecular weight is 446 g/mol. The quantitative estimate of drug-likeness (QED) is 0.320. The van der Waals surface area contributed by atoms with Gasteiger partial charge < -0.3 is 9.47 Å². The van der Waals surface area contributed by atoms with Crippen LogP contribution in [0, 0.1) is 0 Å². The second-order valence-electron chi connectivity index (χ2n) is 8.14. The van der Waals surface area contributed by atoms with Crippen LogP contribution in [0.5, 0.6) is 0 Å². The molecule has 32 heavy (non-hydrogen) atoms. The third kappa shape index (κ3) is 4.71. The number of likely N-dealkylation sites (N-methyl/N-ethyl adjacent to an activating group) is 1. The molecule has 0 aliphatic rings. The molecule has 0 spiro atoms. The van der Waals surface area contributed by atoms with Crippen molar-refractivity contribution in [3.63, 3.8) is 0 Å². The molecule has 0 fully saturated rings. The summed E-state index contributed by atoms with van der Waals surface area (Å²) in [6, 6.07) is 25.6. The highest BCUT2D eigenvalue weighted by molar-refractivity contribution is 6.31. The Bertz CT molecular complexity index is 1200. The first-order chi connectivity index (χ1) is 15.6.